The summed E-state index contributed by atoms with van der Waals surface area (Å²) in [7, 11) is 1.81. The molecule has 3 aliphatic rings. The Morgan fingerprint density at radius 1 is 1.43 bits per heavy atom. The Hall–Kier alpha value is -1.16. The monoisotopic (exact) mass is 503 g/mol. The van der Waals surface area contributed by atoms with Crippen molar-refractivity contribution in [3.63, 3.8) is 0 Å². The maximum Gasteiger partial charge on any atom is 0.191 e. The van der Waals surface area contributed by atoms with E-state index in [0.29, 0.717) is 23.4 Å². The number of ether oxygens (including phenoxy) is 1. The highest BCUT2D eigenvalue weighted by Gasteiger charge is 2.59. The summed E-state index contributed by atoms with van der Waals surface area (Å²) < 4.78 is 19.9. The van der Waals surface area contributed by atoms with Gasteiger partial charge in [-0.15, -0.1) is 24.0 Å². The molecule has 0 bridgehead atoms. The Bertz CT molecular complexity index is 699. The highest BCUT2D eigenvalue weighted by molar-refractivity contribution is 14.0. The van der Waals surface area contributed by atoms with Gasteiger partial charge in [0.05, 0.1) is 6.10 Å². The molecule has 1 spiro atoms. The minimum absolute atomic E-state index is 0. The Balaban J connectivity index is 0.00000225. The van der Waals surface area contributed by atoms with Crippen molar-refractivity contribution in [3.05, 3.63) is 24.1 Å². The van der Waals surface area contributed by atoms with Crippen LogP contribution < -0.4 is 15.5 Å². The fraction of sp³-hybridized carbons (Fsp3) is 0.700. The van der Waals surface area contributed by atoms with Crippen LogP contribution in [0.5, 0.6) is 0 Å². The van der Waals surface area contributed by atoms with Crippen LogP contribution in [-0.4, -0.2) is 55.9 Å². The Labute approximate surface area is 183 Å². The molecule has 3 fully saturated rings. The average molecular weight is 503 g/mol. The van der Waals surface area contributed by atoms with Crippen molar-refractivity contribution in [2.24, 2.45) is 10.4 Å². The second-order valence-electron chi connectivity index (χ2n) is 7.92. The van der Waals surface area contributed by atoms with Gasteiger partial charge in [-0.05, 0) is 44.7 Å². The lowest BCUT2D eigenvalue weighted by Gasteiger charge is -2.61. The number of halogens is 2. The van der Waals surface area contributed by atoms with Crippen LogP contribution in [0.3, 0.4) is 0 Å². The van der Waals surface area contributed by atoms with Crippen molar-refractivity contribution in [1.29, 1.82) is 0 Å². The maximum atomic E-state index is 14.0. The lowest BCUT2D eigenvalue weighted by atomic mass is 9.51. The predicted molar refractivity (Wildman–Crippen MR) is 120 cm³/mol. The standard InChI is InChI=1S/C20H30FN5O.HI/c1-3-27-17-12-16(20(17)8-5-9-20)25-19(22-2)24-14-7-11-26(13-14)18-15(21)6-4-10-23-18;/h4,6,10,14,16-17H,3,5,7-9,11-13H2,1-2H3,(H2,22,24,25);1H. The first-order valence-electron chi connectivity index (χ1n) is 10.1. The van der Waals surface area contributed by atoms with E-state index in [-0.39, 0.29) is 35.8 Å². The molecule has 1 aliphatic heterocycles. The number of hydrogen-bond acceptors (Lipinski definition) is 4. The van der Waals surface area contributed by atoms with E-state index in [1.807, 2.05) is 11.9 Å². The summed E-state index contributed by atoms with van der Waals surface area (Å²) in [5.74, 6) is 1.02. The largest absolute Gasteiger partial charge is 0.378 e. The normalized spacial score (nSPS) is 28.3. The molecule has 156 valence electrons. The van der Waals surface area contributed by atoms with Crippen LogP contribution in [0.15, 0.2) is 23.3 Å². The number of rotatable bonds is 5. The minimum Gasteiger partial charge on any atom is -0.378 e. The first kappa shape index (κ1) is 21.5. The maximum absolute atomic E-state index is 14.0. The van der Waals surface area contributed by atoms with Crippen molar-refractivity contribution < 1.29 is 9.13 Å². The SMILES string of the molecule is CCOC1CC(NC(=NC)NC2CCN(c3ncccc3F)C2)C12CCC2.I. The zero-order valence-electron chi connectivity index (χ0n) is 16.7. The van der Waals surface area contributed by atoms with Crippen molar-refractivity contribution >= 4 is 35.8 Å². The van der Waals surface area contributed by atoms with Gasteiger partial charge in [0.25, 0.3) is 0 Å². The van der Waals surface area contributed by atoms with Crippen LogP contribution in [0.1, 0.15) is 39.0 Å². The molecule has 1 aromatic heterocycles. The zero-order valence-corrected chi connectivity index (χ0v) is 19.0. The summed E-state index contributed by atoms with van der Waals surface area (Å²) in [6, 6.07) is 3.76. The van der Waals surface area contributed by atoms with E-state index in [1.54, 1.807) is 12.3 Å². The molecule has 1 saturated heterocycles. The van der Waals surface area contributed by atoms with Crippen LogP contribution >= 0.6 is 24.0 Å². The van der Waals surface area contributed by atoms with Crippen molar-refractivity contribution in [3.8, 4) is 0 Å². The molecule has 4 rings (SSSR count). The zero-order chi connectivity index (χ0) is 18.9. The molecule has 1 aromatic rings. The summed E-state index contributed by atoms with van der Waals surface area (Å²) in [5.41, 5.74) is 0.298. The van der Waals surface area contributed by atoms with Gasteiger partial charge in [0, 0.05) is 50.4 Å². The van der Waals surface area contributed by atoms with Gasteiger partial charge in [0.1, 0.15) is 0 Å². The summed E-state index contributed by atoms with van der Waals surface area (Å²) in [4.78, 5) is 10.6. The van der Waals surface area contributed by atoms with E-state index in [1.165, 1.54) is 25.3 Å². The van der Waals surface area contributed by atoms with Gasteiger partial charge >= 0.3 is 0 Å². The molecule has 0 aromatic carbocycles. The fourth-order valence-corrected chi connectivity index (χ4v) is 4.85. The van der Waals surface area contributed by atoms with Crippen molar-refractivity contribution in [2.45, 2.75) is 57.2 Å². The first-order chi connectivity index (χ1) is 13.2. The van der Waals surface area contributed by atoms with Crippen LogP contribution in [0.2, 0.25) is 0 Å². The van der Waals surface area contributed by atoms with Gasteiger partial charge < -0.3 is 20.3 Å². The highest BCUT2D eigenvalue weighted by atomic mass is 127. The topological polar surface area (TPSA) is 61.8 Å². The van der Waals surface area contributed by atoms with E-state index in [4.69, 9.17) is 4.74 Å². The predicted octanol–water partition coefficient (Wildman–Crippen LogP) is 2.93. The molecule has 2 aliphatic carbocycles. The first-order valence-corrected chi connectivity index (χ1v) is 10.1. The van der Waals surface area contributed by atoms with Crippen LogP contribution in [0.25, 0.3) is 0 Å². The van der Waals surface area contributed by atoms with Crippen LogP contribution in [-0.2, 0) is 4.74 Å². The molecule has 3 unspecified atom stereocenters. The van der Waals surface area contributed by atoms with E-state index in [9.17, 15) is 4.39 Å². The Kier molecular flexibility index (Phi) is 7.01. The highest BCUT2D eigenvalue weighted by Crippen LogP contribution is 2.57. The van der Waals surface area contributed by atoms with Crippen molar-refractivity contribution in [1.82, 2.24) is 15.6 Å². The molecule has 2 saturated carbocycles. The van der Waals surface area contributed by atoms with Gasteiger partial charge in [-0.2, -0.15) is 0 Å². The van der Waals surface area contributed by atoms with Gasteiger partial charge in [-0.3, -0.25) is 4.99 Å². The third-order valence-corrected chi connectivity index (χ3v) is 6.54. The molecule has 2 N–H and O–H groups in total. The molecule has 3 atom stereocenters. The fourth-order valence-electron chi connectivity index (χ4n) is 4.85. The molecule has 28 heavy (non-hydrogen) atoms. The number of guanidine groups is 1. The number of hydrogen-bond donors (Lipinski definition) is 2. The number of aromatic nitrogens is 1. The third-order valence-electron chi connectivity index (χ3n) is 6.54. The van der Waals surface area contributed by atoms with E-state index >= 15 is 0 Å². The third kappa shape index (κ3) is 3.94. The quantitative estimate of drug-likeness (QED) is 0.368. The number of nitrogens with one attached hydrogen (secondary N) is 2. The van der Waals surface area contributed by atoms with Gasteiger partial charge in [0.2, 0.25) is 0 Å². The number of anilines is 1. The smallest absolute Gasteiger partial charge is 0.191 e. The second kappa shape index (κ2) is 9.11. The molecular formula is C20H31FIN5O. The second-order valence-corrected chi connectivity index (χ2v) is 7.92. The van der Waals surface area contributed by atoms with Gasteiger partial charge in [-0.25, -0.2) is 9.37 Å². The lowest BCUT2D eigenvalue weighted by Crippen LogP contribution is -2.69. The molecular weight excluding hydrogens is 472 g/mol. The minimum atomic E-state index is -0.260. The summed E-state index contributed by atoms with van der Waals surface area (Å²) in [6.07, 6.45) is 7.79. The summed E-state index contributed by atoms with van der Waals surface area (Å²) >= 11 is 0. The lowest BCUT2D eigenvalue weighted by molar-refractivity contribution is -0.168. The Morgan fingerprint density at radius 3 is 2.89 bits per heavy atom. The van der Waals surface area contributed by atoms with E-state index in [0.717, 1.165) is 38.5 Å². The molecule has 6 nitrogen and oxygen atoms in total. The number of aliphatic imine (C=N–C) groups is 1. The molecule has 2 heterocycles. The van der Waals surface area contributed by atoms with Crippen molar-refractivity contribution in [2.75, 3.05) is 31.6 Å². The molecule has 0 radical (unpaired) electrons. The summed E-state index contributed by atoms with van der Waals surface area (Å²) in [5, 5.41) is 7.15. The average Bonchev–Trinajstić information content (AvgIpc) is 3.07. The van der Waals surface area contributed by atoms with E-state index < -0.39 is 0 Å². The molecule has 8 heteroatoms. The van der Waals surface area contributed by atoms with Gasteiger partial charge in [0.15, 0.2) is 17.6 Å². The van der Waals surface area contributed by atoms with Crippen LogP contribution in [0, 0.1) is 11.2 Å². The van der Waals surface area contributed by atoms with E-state index in [2.05, 4.69) is 27.5 Å². The van der Waals surface area contributed by atoms with Gasteiger partial charge in [-0.1, -0.05) is 6.42 Å². The van der Waals surface area contributed by atoms with Crippen LogP contribution in [0.4, 0.5) is 10.2 Å². The summed E-state index contributed by atoms with van der Waals surface area (Å²) in [6.45, 7) is 4.38. The Morgan fingerprint density at radius 2 is 2.25 bits per heavy atom. The number of pyridine rings is 1. The molecule has 0 amide bonds. The number of nitrogens with zero attached hydrogens (tertiary/aromatic N) is 3.